The van der Waals surface area contributed by atoms with Crippen molar-refractivity contribution in [3.63, 3.8) is 0 Å². The predicted molar refractivity (Wildman–Crippen MR) is 62.7 cm³/mol. The van der Waals surface area contributed by atoms with Gasteiger partial charge in [0.15, 0.2) is 0 Å². The van der Waals surface area contributed by atoms with Crippen LogP contribution in [0.1, 0.15) is 25.1 Å². The van der Waals surface area contributed by atoms with Crippen LogP contribution in [-0.2, 0) is 16.0 Å². The van der Waals surface area contributed by atoms with Crippen molar-refractivity contribution >= 4 is 0 Å². The van der Waals surface area contributed by atoms with E-state index < -0.39 is 0 Å². The molecule has 0 spiro atoms. The smallest absolute Gasteiger partial charge is 0.102 e. The molecule has 1 fully saturated rings. The molecule has 96 valence electrons. The van der Waals surface area contributed by atoms with E-state index in [4.69, 9.17) is 9.47 Å². The Morgan fingerprint density at radius 2 is 2.47 bits per heavy atom. The van der Waals surface area contributed by atoms with Gasteiger partial charge in [-0.15, -0.1) is 5.10 Å². The quantitative estimate of drug-likeness (QED) is 0.805. The van der Waals surface area contributed by atoms with Gasteiger partial charge in [-0.25, -0.2) is 4.68 Å². The molecule has 1 saturated heterocycles. The lowest BCUT2D eigenvalue weighted by molar-refractivity contribution is -0.102. The molecular formula is C11H20N4O2. The average Bonchev–Trinajstić information content (AvgIpc) is 2.81. The van der Waals surface area contributed by atoms with E-state index in [0.717, 1.165) is 18.7 Å². The first-order valence-corrected chi connectivity index (χ1v) is 6.11. The van der Waals surface area contributed by atoms with Crippen LogP contribution >= 0.6 is 0 Å². The first-order chi connectivity index (χ1) is 8.36. The summed E-state index contributed by atoms with van der Waals surface area (Å²) in [5.41, 5.74) is 1.06. The molecule has 0 aromatic carbocycles. The lowest BCUT2D eigenvalue weighted by atomic mass is 10.1. The number of hydrogen-bond acceptors (Lipinski definition) is 5. The van der Waals surface area contributed by atoms with Gasteiger partial charge < -0.3 is 14.8 Å². The monoisotopic (exact) mass is 240 g/mol. The van der Waals surface area contributed by atoms with Crippen molar-refractivity contribution in [3.05, 3.63) is 11.9 Å². The summed E-state index contributed by atoms with van der Waals surface area (Å²) in [6.07, 6.45) is 2.87. The summed E-state index contributed by atoms with van der Waals surface area (Å²) < 4.78 is 13.1. The van der Waals surface area contributed by atoms with Crippen LogP contribution in [0.25, 0.3) is 0 Å². The van der Waals surface area contributed by atoms with Crippen LogP contribution in [-0.4, -0.2) is 48.0 Å². The Morgan fingerprint density at radius 1 is 1.59 bits per heavy atom. The highest BCUT2D eigenvalue weighted by molar-refractivity contribution is 5.05. The zero-order chi connectivity index (χ0) is 12.1. The van der Waals surface area contributed by atoms with Crippen LogP contribution in [0.15, 0.2) is 6.20 Å². The lowest BCUT2D eigenvalue weighted by Gasteiger charge is -2.30. The highest BCUT2D eigenvalue weighted by atomic mass is 16.6. The van der Waals surface area contributed by atoms with Gasteiger partial charge in [-0.2, -0.15) is 0 Å². The van der Waals surface area contributed by atoms with Crippen LogP contribution in [0, 0.1) is 0 Å². The Hall–Kier alpha value is -0.980. The fourth-order valence-electron chi connectivity index (χ4n) is 2.11. The molecule has 17 heavy (non-hydrogen) atoms. The first kappa shape index (κ1) is 12.5. The molecular weight excluding hydrogens is 220 g/mol. The Morgan fingerprint density at radius 3 is 3.12 bits per heavy atom. The summed E-state index contributed by atoms with van der Waals surface area (Å²) in [6, 6.07) is 0.0804. The number of nitrogens with zero attached hydrogens (tertiary/aromatic N) is 3. The maximum Gasteiger partial charge on any atom is 0.102 e. The van der Waals surface area contributed by atoms with Crippen molar-refractivity contribution < 1.29 is 9.47 Å². The summed E-state index contributed by atoms with van der Waals surface area (Å²) in [5.74, 6) is 0. The van der Waals surface area contributed by atoms with Crippen molar-refractivity contribution in [2.45, 2.75) is 32.0 Å². The van der Waals surface area contributed by atoms with E-state index >= 15 is 0 Å². The first-order valence-electron chi connectivity index (χ1n) is 6.11. The molecule has 6 heteroatoms. The molecule has 1 N–H and O–H groups in total. The second-order valence-electron chi connectivity index (χ2n) is 4.13. The number of nitrogens with one attached hydrogen (secondary N) is 1. The van der Waals surface area contributed by atoms with Gasteiger partial charge in [-0.05, 0) is 13.5 Å². The van der Waals surface area contributed by atoms with Gasteiger partial charge in [-0.1, -0.05) is 12.1 Å². The molecule has 6 nitrogen and oxygen atoms in total. The summed E-state index contributed by atoms with van der Waals surface area (Å²) in [4.78, 5) is 0. The molecule has 2 unspecified atom stereocenters. The molecule has 0 amide bonds. The predicted octanol–water partition coefficient (Wildman–Crippen LogP) is 0.364. The van der Waals surface area contributed by atoms with E-state index in [-0.39, 0.29) is 12.1 Å². The van der Waals surface area contributed by atoms with Crippen molar-refractivity contribution in [1.29, 1.82) is 0 Å². The van der Waals surface area contributed by atoms with E-state index in [1.54, 1.807) is 6.20 Å². The number of rotatable bonds is 5. The van der Waals surface area contributed by atoms with Gasteiger partial charge in [0.2, 0.25) is 0 Å². The van der Waals surface area contributed by atoms with Gasteiger partial charge in [0.05, 0.1) is 37.8 Å². The fourth-order valence-corrected chi connectivity index (χ4v) is 2.11. The van der Waals surface area contributed by atoms with Gasteiger partial charge in [0.1, 0.15) is 6.10 Å². The number of ether oxygens (including phenoxy) is 2. The van der Waals surface area contributed by atoms with E-state index in [1.807, 2.05) is 11.7 Å². The minimum Gasteiger partial charge on any atom is -0.376 e. The molecule has 1 aliphatic heterocycles. The van der Waals surface area contributed by atoms with E-state index in [0.29, 0.717) is 19.8 Å². The standard InChI is InChI=1S/C11H20N4O2/c1-3-4-15-9(7-13-14-15)11(12-2)10-8-16-5-6-17-10/h7,10-12H,3-6,8H2,1-2H3. The number of hydrogen-bond donors (Lipinski definition) is 1. The molecule has 2 rings (SSSR count). The Balaban J connectivity index is 2.12. The average molecular weight is 240 g/mol. The zero-order valence-electron chi connectivity index (χ0n) is 10.4. The van der Waals surface area contributed by atoms with Crippen molar-refractivity contribution in [2.75, 3.05) is 26.9 Å². The SMILES string of the molecule is CCCn1nncc1C(NC)C1COCCO1. The Kier molecular flexibility index (Phi) is 4.47. The van der Waals surface area contributed by atoms with Crippen molar-refractivity contribution in [3.8, 4) is 0 Å². The van der Waals surface area contributed by atoms with Crippen LogP contribution < -0.4 is 5.32 Å². The van der Waals surface area contributed by atoms with E-state index in [2.05, 4.69) is 22.6 Å². The van der Waals surface area contributed by atoms with Gasteiger partial charge in [-0.3, -0.25) is 0 Å². The maximum absolute atomic E-state index is 5.73. The second kappa shape index (κ2) is 6.09. The topological polar surface area (TPSA) is 61.2 Å². The largest absolute Gasteiger partial charge is 0.376 e. The number of aromatic nitrogens is 3. The molecule has 1 aliphatic rings. The number of aryl methyl sites for hydroxylation is 1. The van der Waals surface area contributed by atoms with Crippen molar-refractivity contribution in [2.24, 2.45) is 0 Å². The molecule has 0 saturated carbocycles. The zero-order valence-corrected chi connectivity index (χ0v) is 10.4. The van der Waals surface area contributed by atoms with Crippen molar-refractivity contribution in [1.82, 2.24) is 20.3 Å². The summed E-state index contributed by atoms with van der Waals surface area (Å²) in [5, 5.41) is 11.3. The van der Waals surface area contributed by atoms with E-state index in [9.17, 15) is 0 Å². The lowest BCUT2D eigenvalue weighted by Crippen LogP contribution is -2.40. The highest BCUT2D eigenvalue weighted by Crippen LogP contribution is 2.20. The molecule has 0 aliphatic carbocycles. The van der Waals surface area contributed by atoms with Gasteiger partial charge in [0.25, 0.3) is 0 Å². The normalized spacial score (nSPS) is 22.6. The molecule has 2 heterocycles. The van der Waals surface area contributed by atoms with Crippen LogP contribution in [0.5, 0.6) is 0 Å². The second-order valence-corrected chi connectivity index (χ2v) is 4.13. The summed E-state index contributed by atoms with van der Waals surface area (Å²) in [6.45, 7) is 4.95. The number of likely N-dealkylation sites (N-methyl/N-ethyl adjacent to an activating group) is 1. The third-order valence-corrected chi connectivity index (χ3v) is 2.93. The van der Waals surface area contributed by atoms with Crippen LogP contribution in [0.3, 0.4) is 0 Å². The molecule has 1 aromatic heterocycles. The van der Waals surface area contributed by atoms with Crippen LogP contribution in [0.2, 0.25) is 0 Å². The van der Waals surface area contributed by atoms with Gasteiger partial charge in [0, 0.05) is 6.54 Å². The summed E-state index contributed by atoms with van der Waals surface area (Å²) in [7, 11) is 1.92. The fraction of sp³-hybridized carbons (Fsp3) is 0.818. The van der Waals surface area contributed by atoms with Crippen LogP contribution in [0.4, 0.5) is 0 Å². The Labute approximate surface area is 101 Å². The minimum absolute atomic E-state index is 0.0304. The molecule has 0 radical (unpaired) electrons. The third kappa shape index (κ3) is 2.83. The van der Waals surface area contributed by atoms with Gasteiger partial charge >= 0.3 is 0 Å². The van der Waals surface area contributed by atoms with E-state index in [1.165, 1.54) is 0 Å². The Bertz CT molecular complexity index is 336. The minimum atomic E-state index is 0.0304. The highest BCUT2D eigenvalue weighted by Gasteiger charge is 2.28. The third-order valence-electron chi connectivity index (χ3n) is 2.93. The molecule has 1 aromatic rings. The summed E-state index contributed by atoms with van der Waals surface area (Å²) >= 11 is 0. The molecule has 0 bridgehead atoms. The molecule has 2 atom stereocenters. The maximum atomic E-state index is 5.73.